The van der Waals surface area contributed by atoms with Gasteiger partial charge in [-0.3, -0.25) is 9.32 Å². The molecule has 7 heteroatoms. The van der Waals surface area contributed by atoms with Gasteiger partial charge in [-0.15, -0.1) is 0 Å². The van der Waals surface area contributed by atoms with Crippen molar-refractivity contribution in [2.45, 2.75) is 32.3 Å². The van der Waals surface area contributed by atoms with Crippen molar-refractivity contribution in [3.63, 3.8) is 0 Å². The van der Waals surface area contributed by atoms with E-state index < -0.39 is 26.2 Å². The molecule has 0 amide bonds. The first-order valence-corrected chi connectivity index (χ1v) is 5.62. The van der Waals surface area contributed by atoms with Crippen LogP contribution in [0.5, 0.6) is 0 Å². The smallest absolute Gasteiger partial charge is 0.327 e. The van der Waals surface area contributed by atoms with E-state index in [4.69, 9.17) is 10.2 Å². The van der Waals surface area contributed by atoms with E-state index in [1.165, 1.54) is 0 Å². The minimum atomic E-state index is -0.981. The molecule has 2 atom stereocenters. The summed E-state index contributed by atoms with van der Waals surface area (Å²) in [4.78, 5) is 10.6. The van der Waals surface area contributed by atoms with Gasteiger partial charge in [-0.05, 0) is 18.3 Å². The summed E-state index contributed by atoms with van der Waals surface area (Å²) in [6.07, 6.45) is -0.571. The lowest BCUT2D eigenvalue weighted by Gasteiger charge is -2.29. The van der Waals surface area contributed by atoms with E-state index >= 15 is 0 Å². The molecule has 94 valence electrons. The molecule has 6 nitrogen and oxygen atoms in total. The fourth-order valence-corrected chi connectivity index (χ4v) is 1.87. The molecule has 0 rings (SSSR count). The lowest BCUT2D eigenvalue weighted by atomic mass is 9.78. The lowest BCUT2D eigenvalue weighted by molar-refractivity contribution is -0.140. The Bertz CT molecular complexity index is 234. The van der Waals surface area contributed by atoms with Gasteiger partial charge in [-0.25, -0.2) is 4.57 Å². The van der Waals surface area contributed by atoms with Crippen molar-refractivity contribution in [2.75, 3.05) is 13.2 Å². The van der Waals surface area contributed by atoms with Gasteiger partial charge in [-0.2, -0.15) is 0 Å². The SMILES string of the molecule is CC(CCO)(CC(=O)O)CC(O)COP=O. The van der Waals surface area contributed by atoms with Crippen LogP contribution in [0.25, 0.3) is 0 Å². The third-order valence-electron chi connectivity index (χ3n) is 2.34. The van der Waals surface area contributed by atoms with Crippen molar-refractivity contribution < 1.29 is 29.2 Å². The fraction of sp³-hybridized carbons (Fsp3) is 0.889. The molecule has 3 N–H and O–H groups in total. The Morgan fingerprint density at radius 1 is 1.56 bits per heavy atom. The molecule has 0 spiro atoms. The van der Waals surface area contributed by atoms with Crippen LogP contribution in [-0.4, -0.2) is 40.6 Å². The maximum atomic E-state index is 10.6. The normalized spacial score (nSPS) is 16.9. The molecule has 0 radical (unpaired) electrons. The van der Waals surface area contributed by atoms with E-state index in [-0.39, 0.29) is 32.5 Å². The van der Waals surface area contributed by atoms with E-state index in [1.54, 1.807) is 6.92 Å². The van der Waals surface area contributed by atoms with E-state index in [1.807, 2.05) is 0 Å². The summed E-state index contributed by atoms with van der Waals surface area (Å²) in [5.74, 6) is -0.981. The van der Waals surface area contributed by atoms with Gasteiger partial charge in [0, 0.05) is 6.61 Å². The number of rotatable bonds is 9. The highest BCUT2D eigenvalue weighted by atomic mass is 31.1. The molecule has 0 aromatic heterocycles. The average molecular weight is 252 g/mol. The Hall–Kier alpha value is -0.550. The average Bonchev–Trinajstić information content (AvgIpc) is 2.13. The summed E-state index contributed by atoms with van der Waals surface area (Å²) in [6.45, 7) is 1.42. The molecule has 0 saturated heterocycles. The number of hydrogen-bond acceptors (Lipinski definition) is 5. The summed E-state index contributed by atoms with van der Waals surface area (Å²) >= 11 is 0. The molecule has 0 saturated carbocycles. The second-order valence-electron chi connectivity index (χ2n) is 4.08. The van der Waals surface area contributed by atoms with Crippen LogP contribution in [0.2, 0.25) is 0 Å². The summed E-state index contributed by atoms with van der Waals surface area (Å²) in [5, 5.41) is 27.1. The zero-order chi connectivity index (χ0) is 12.6. The molecular formula is C9H17O6P. The summed E-state index contributed by atoms with van der Waals surface area (Å²) in [5.41, 5.74) is -0.691. The minimum absolute atomic E-state index is 0.119. The van der Waals surface area contributed by atoms with Crippen LogP contribution < -0.4 is 0 Å². The molecule has 0 aliphatic rings. The molecule has 0 aromatic rings. The molecule has 2 unspecified atom stereocenters. The van der Waals surface area contributed by atoms with Gasteiger partial charge < -0.3 is 15.3 Å². The monoisotopic (exact) mass is 252 g/mol. The summed E-state index contributed by atoms with van der Waals surface area (Å²) in [7, 11) is -0.517. The standard InChI is InChI=1S/C9H17O6P/c1-9(2-3-10,5-8(12)13)4-7(11)6-15-16-14/h7,10-11H,2-6H2,1H3,(H,12,13). The Labute approximate surface area is 95.5 Å². The highest BCUT2D eigenvalue weighted by Crippen LogP contribution is 2.31. The first-order valence-electron chi connectivity index (χ1n) is 4.89. The van der Waals surface area contributed by atoms with Gasteiger partial charge in [0.2, 0.25) is 0 Å². The number of hydrogen-bond donors (Lipinski definition) is 3. The maximum Gasteiger partial charge on any atom is 0.327 e. The molecular weight excluding hydrogens is 235 g/mol. The third kappa shape index (κ3) is 6.85. The maximum absolute atomic E-state index is 10.6. The van der Waals surface area contributed by atoms with Gasteiger partial charge in [0.05, 0.1) is 19.1 Å². The van der Waals surface area contributed by atoms with Crippen molar-refractivity contribution in [1.29, 1.82) is 0 Å². The van der Waals surface area contributed by atoms with Gasteiger partial charge >= 0.3 is 14.7 Å². The van der Waals surface area contributed by atoms with Crippen molar-refractivity contribution in [3.8, 4) is 0 Å². The highest BCUT2D eigenvalue weighted by molar-refractivity contribution is 7.17. The topological polar surface area (TPSA) is 104 Å². The van der Waals surface area contributed by atoms with Gasteiger partial charge in [-0.1, -0.05) is 6.92 Å². The van der Waals surface area contributed by atoms with Gasteiger partial charge in [0.1, 0.15) is 0 Å². The van der Waals surface area contributed by atoms with Crippen molar-refractivity contribution in [1.82, 2.24) is 0 Å². The van der Waals surface area contributed by atoms with Crippen molar-refractivity contribution in [2.24, 2.45) is 5.41 Å². The third-order valence-corrected chi connectivity index (χ3v) is 2.60. The lowest BCUT2D eigenvalue weighted by Crippen LogP contribution is -2.29. The molecule has 0 bridgehead atoms. The largest absolute Gasteiger partial charge is 0.481 e. The second kappa shape index (κ2) is 7.68. The number of carboxylic acid groups (broad SMARTS) is 1. The number of carboxylic acids is 1. The molecule has 0 aromatic carbocycles. The van der Waals surface area contributed by atoms with E-state index in [9.17, 15) is 14.5 Å². The zero-order valence-electron chi connectivity index (χ0n) is 9.13. The van der Waals surface area contributed by atoms with Crippen LogP contribution in [0.4, 0.5) is 0 Å². The predicted octanol–water partition coefficient (Wildman–Crippen LogP) is 0.824. The summed E-state index contributed by atoms with van der Waals surface area (Å²) < 4.78 is 14.5. The van der Waals surface area contributed by atoms with Gasteiger partial charge in [0.25, 0.3) is 0 Å². The van der Waals surface area contributed by atoms with E-state index in [2.05, 4.69) is 4.52 Å². The molecule has 0 aliphatic carbocycles. The van der Waals surface area contributed by atoms with Crippen molar-refractivity contribution >= 4 is 14.7 Å². The molecule has 0 fully saturated rings. The Kier molecular flexibility index (Phi) is 7.42. The van der Waals surface area contributed by atoms with Crippen LogP contribution in [0.3, 0.4) is 0 Å². The van der Waals surface area contributed by atoms with Crippen LogP contribution in [0, 0.1) is 5.41 Å². The number of aliphatic hydroxyl groups excluding tert-OH is 2. The Morgan fingerprint density at radius 2 is 2.19 bits per heavy atom. The predicted molar refractivity (Wildman–Crippen MR) is 56.2 cm³/mol. The van der Waals surface area contributed by atoms with Crippen LogP contribution in [0.1, 0.15) is 26.2 Å². The Morgan fingerprint density at radius 3 is 2.62 bits per heavy atom. The van der Waals surface area contributed by atoms with Crippen LogP contribution in [-0.2, 0) is 13.9 Å². The van der Waals surface area contributed by atoms with E-state index in [0.717, 1.165) is 0 Å². The van der Waals surface area contributed by atoms with Crippen molar-refractivity contribution in [3.05, 3.63) is 0 Å². The molecule has 16 heavy (non-hydrogen) atoms. The second-order valence-corrected chi connectivity index (χ2v) is 4.49. The summed E-state index contributed by atoms with van der Waals surface area (Å²) in [6, 6.07) is 0. The van der Waals surface area contributed by atoms with Gasteiger partial charge in [0.15, 0.2) is 0 Å². The highest BCUT2D eigenvalue weighted by Gasteiger charge is 2.29. The quantitative estimate of drug-likeness (QED) is 0.525. The van der Waals surface area contributed by atoms with Crippen LogP contribution >= 0.6 is 8.69 Å². The number of carbonyl (C=O) groups is 1. The number of aliphatic hydroxyl groups is 2. The molecule has 0 aliphatic heterocycles. The van der Waals surface area contributed by atoms with E-state index in [0.29, 0.717) is 0 Å². The number of aliphatic carboxylic acids is 1. The minimum Gasteiger partial charge on any atom is -0.481 e. The van der Waals surface area contributed by atoms with Crippen LogP contribution in [0.15, 0.2) is 0 Å². The molecule has 0 heterocycles. The fourth-order valence-electron chi connectivity index (χ4n) is 1.64. The first-order chi connectivity index (χ1) is 7.43. The zero-order valence-corrected chi connectivity index (χ0v) is 10.0. The Balaban J connectivity index is 4.29. The first kappa shape index (κ1) is 15.4.